The predicted octanol–water partition coefficient (Wildman–Crippen LogP) is 5.99. The number of para-hydroxylation sites is 1. The van der Waals surface area contributed by atoms with E-state index in [1.807, 2.05) is 30.3 Å². The lowest BCUT2D eigenvalue weighted by Crippen LogP contribution is -2.26. The van der Waals surface area contributed by atoms with Crippen LogP contribution in [0.25, 0.3) is 11.3 Å². The van der Waals surface area contributed by atoms with Gasteiger partial charge in [-0.1, -0.05) is 53.0 Å². The molecule has 1 aromatic heterocycles. The summed E-state index contributed by atoms with van der Waals surface area (Å²) in [4.78, 5) is 18.6. The Morgan fingerprint density at radius 2 is 1.68 bits per heavy atom. The number of anilines is 1. The van der Waals surface area contributed by atoms with E-state index in [1.54, 1.807) is 36.2 Å². The van der Waals surface area contributed by atoms with E-state index < -0.39 is 0 Å². The molecule has 0 aliphatic carbocycles. The van der Waals surface area contributed by atoms with Crippen LogP contribution in [-0.2, 0) is 0 Å². The van der Waals surface area contributed by atoms with Gasteiger partial charge in [-0.05, 0) is 36.4 Å². The van der Waals surface area contributed by atoms with E-state index in [2.05, 4.69) is 4.98 Å². The lowest BCUT2D eigenvalue weighted by molar-refractivity contribution is 0.0993. The zero-order valence-corrected chi connectivity index (χ0v) is 15.5. The van der Waals surface area contributed by atoms with Crippen LogP contribution in [0, 0.1) is 0 Å². The summed E-state index contributed by atoms with van der Waals surface area (Å²) in [5.41, 5.74) is 2.34. The minimum absolute atomic E-state index is 0.158. The molecule has 1 heterocycles. The number of halogens is 3. The van der Waals surface area contributed by atoms with Crippen LogP contribution in [-0.4, -0.2) is 17.9 Å². The van der Waals surface area contributed by atoms with Crippen LogP contribution in [0.3, 0.4) is 0 Å². The van der Waals surface area contributed by atoms with Gasteiger partial charge >= 0.3 is 0 Å². The average molecular weight is 392 g/mol. The van der Waals surface area contributed by atoms with Crippen molar-refractivity contribution in [1.29, 1.82) is 0 Å². The van der Waals surface area contributed by atoms with Crippen LogP contribution in [0.5, 0.6) is 0 Å². The summed E-state index contributed by atoms with van der Waals surface area (Å²) >= 11 is 18.4. The molecule has 6 heteroatoms. The van der Waals surface area contributed by atoms with E-state index in [0.29, 0.717) is 31.9 Å². The van der Waals surface area contributed by atoms with Gasteiger partial charge in [0.2, 0.25) is 0 Å². The monoisotopic (exact) mass is 390 g/mol. The summed E-state index contributed by atoms with van der Waals surface area (Å²) in [5.74, 6) is -0.158. The molecule has 0 aliphatic rings. The van der Waals surface area contributed by atoms with Crippen molar-refractivity contribution < 1.29 is 4.79 Å². The van der Waals surface area contributed by atoms with E-state index in [9.17, 15) is 4.79 Å². The summed E-state index contributed by atoms with van der Waals surface area (Å²) in [5, 5.41) is 1.26. The molecule has 0 bridgehead atoms. The second-order valence-electron chi connectivity index (χ2n) is 5.38. The largest absolute Gasteiger partial charge is 0.311 e. The van der Waals surface area contributed by atoms with Gasteiger partial charge in [-0.3, -0.25) is 9.78 Å². The van der Waals surface area contributed by atoms with Crippen molar-refractivity contribution in [2.45, 2.75) is 0 Å². The number of carbonyl (C=O) groups excluding carboxylic acids is 1. The van der Waals surface area contributed by atoms with Crippen molar-refractivity contribution >= 4 is 46.4 Å². The van der Waals surface area contributed by atoms with Crippen LogP contribution < -0.4 is 4.90 Å². The van der Waals surface area contributed by atoms with Crippen molar-refractivity contribution in [3.8, 4) is 11.3 Å². The number of rotatable bonds is 3. The molecule has 2 aromatic carbocycles. The molecule has 25 heavy (non-hydrogen) atoms. The molecule has 3 nitrogen and oxygen atoms in total. The van der Waals surface area contributed by atoms with Gasteiger partial charge in [0.15, 0.2) is 0 Å². The van der Waals surface area contributed by atoms with Crippen molar-refractivity contribution in [2.24, 2.45) is 0 Å². The van der Waals surface area contributed by atoms with Crippen LogP contribution in [0.4, 0.5) is 5.69 Å². The Labute approximate surface area is 160 Å². The topological polar surface area (TPSA) is 33.2 Å². The molecule has 1 amide bonds. The van der Waals surface area contributed by atoms with Gasteiger partial charge in [0.25, 0.3) is 5.91 Å². The molecular weight excluding hydrogens is 379 g/mol. The van der Waals surface area contributed by atoms with Crippen molar-refractivity contribution in [3.63, 3.8) is 0 Å². The Hall–Kier alpha value is -2.07. The maximum absolute atomic E-state index is 12.8. The highest BCUT2D eigenvalue weighted by Crippen LogP contribution is 2.34. The quantitative estimate of drug-likeness (QED) is 0.550. The van der Waals surface area contributed by atoms with E-state index in [1.165, 1.54) is 6.20 Å². The van der Waals surface area contributed by atoms with Crippen LogP contribution in [0.15, 0.2) is 60.8 Å². The Bertz CT molecular complexity index is 929. The molecule has 0 radical (unpaired) electrons. The summed E-state index contributed by atoms with van der Waals surface area (Å²) in [6.45, 7) is 0. The number of pyridine rings is 1. The van der Waals surface area contributed by atoms with Gasteiger partial charge in [0.1, 0.15) is 0 Å². The number of nitrogens with zero attached hydrogens (tertiary/aromatic N) is 2. The fourth-order valence-electron chi connectivity index (χ4n) is 2.42. The molecule has 126 valence electrons. The molecule has 0 atom stereocenters. The summed E-state index contributed by atoms with van der Waals surface area (Å²) in [7, 11) is 1.72. The molecule has 0 saturated carbocycles. The number of carbonyl (C=O) groups is 1. The number of benzene rings is 2. The third-order valence-corrected chi connectivity index (χ3v) is 4.55. The molecule has 3 aromatic rings. The Balaban J connectivity index is 2.00. The van der Waals surface area contributed by atoms with Crippen molar-refractivity contribution in [3.05, 3.63) is 81.4 Å². The fraction of sp³-hybridized carbons (Fsp3) is 0.0526. The summed E-state index contributed by atoms with van der Waals surface area (Å²) < 4.78 is 0. The van der Waals surface area contributed by atoms with E-state index >= 15 is 0 Å². The zero-order valence-electron chi connectivity index (χ0n) is 13.2. The first-order valence-corrected chi connectivity index (χ1v) is 8.55. The minimum atomic E-state index is -0.158. The van der Waals surface area contributed by atoms with Gasteiger partial charge in [0.05, 0.1) is 20.8 Å². The molecule has 0 fully saturated rings. The highest BCUT2D eigenvalue weighted by atomic mass is 35.5. The normalized spacial score (nSPS) is 10.6. The van der Waals surface area contributed by atoms with Gasteiger partial charge in [-0.15, -0.1) is 0 Å². The molecule has 0 N–H and O–H groups in total. The van der Waals surface area contributed by atoms with Gasteiger partial charge < -0.3 is 4.90 Å². The third-order valence-electron chi connectivity index (χ3n) is 3.72. The standard InChI is InChI=1S/C19H13Cl3N2O/c1-24(14-5-3-2-4-6-14)19(25)12-7-8-16(21)15(9-12)18-17(22)10-13(20)11-23-18/h2-11H,1H3. The number of aromatic nitrogens is 1. The van der Waals surface area contributed by atoms with Gasteiger partial charge in [-0.25, -0.2) is 0 Å². The number of hydrogen-bond acceptors (Lipinski definition) is 2. The Morgan fingerprint density at radius 3 is 2.36 bits per heavy atom. The molecule has 3 rings (SSSR count). The first kappa shape index (κ1) is 17.7. The minimum Gasteiger partial charge on any atom is -0.311 e. The van der Waals surface area contributed by atoms with Gasteiger partial charge in [-0.2, -0.15) is 0 Å². The smallest absolute Gasteiger partial charge is 0.258 e. The number of amides is 1. The van der Waals surface area contributed by atoms with E-state index in [4.69, 9.17) is 34.8 Å². The molecule has 0 aliphatic heterocycles. The molecule has 0 unspecified atom stereocenters. The van der Waals surface area contributed by atoms with Crippen LogP contribution in [0.2, 0.25) is 15.1 Å². The highest BCUT2D eigenvalue weighted by Gasteiger charge is 2.17. The lowest BCUT2D eigenvalue weighted by atomic mass is 10.1. The van der Waals surface area contributed by atoms with Crippen molar-refractivity contribution in [1.82, 2.24) is 4.98 Å². The summed E-state index contributed by atoms with van der Waals surface area (Å²) in [6, 6.07) is 16.0. The average Bonchev–Trinajstić information content (AvgIpc) is 2.62. The first-order valence-electron chi connectivity index (χ1n) is 7.41. The molecule has 0 saturated heterocycles. The van der Waals surface area contributed by atoms with Crippen LogP contribution in [0.1, 0.15) is 10.4 Å². The third kappa shape index (κ3) is 3.79. The fourth-order valence-corrected chi connectivity index (χ4v) is 3.10. The molecule has 0 spiro atoms. The highest BCUT2D eigenvalue weighted by molar-refractivity contribution is 6.37. The summed E-state index contributed by atoms with van der Waals surface area (Å²) in [6.07, 6.45) is 1.49. The number of hydrogen-bond donors (Lipinski definition) is 0. The van der Waals surface area contributed by atoms with Crippen molar-refractivity contribution in [2.75, 3.05) is 11.9 Å². The van der Waals surface area contributed by atoms with Gasteiger partial charge in [0, 0.05) is 30.1 Å². The van der Waals surface area contributed by atoms with E-state index in [0.717, 1.165) is 5.69 Å². The zero-order chi connectivity index (χ0) is 18.0. The maximum atomic E-state index is 12.8. The lowest BCUT2D eigenvalue weighted by Gasteiger charge is -2.18. The second-order valence-corrected chi connectivity index (χ2v) is 6.63. The Kier molecular flexibility index (Phi) is 5.28. The van der Waals surface area contributed by atoms with Crippen LogP contribution >= 0.6 is 34.8 Å². The second kappa shape index (κ2) is 7.44. The maximum Gasteiger partial charge on any atom is 0.258 e. The van der Waals surface area contributed by atoms with E-state index in [-0.39, 0.29) is 5.91 Å². The Morgan fingerprint density at radius 1 is 0.960 bits per heavy atom. The predicted molar refractivity (Wildman–Crippen MR) is 104 cm³/mol. The SMILES string of the molecule is CN(C(=O)c1ccc(Cl)c(-c2ncc(Cl)cc2Cl)c1)c1ccccc1. The molecular formula is C19H13Cl3N2O. The first-order chi connectivity index (χ1) is 12.0.